The second-order valence-corrected chi connectivity index (χ2v) is 12.6. The number of hydrogen-bond donors (Lipinski definition) is 2. The monoisotopic (exact) mass is 568 g/mol. The third kappa shape index (κ3) is 7.77. The van der Waals surface area contributed by atoms with Gasteiger partial charge in [-0.3, -0.25) is 19.4 Å². The first-order valence-corrected chi connectivity index (χ1v) is 15.0. The highest BCUT2D eigenvalue weighted by Gasteiger charge is 2.28. The molecule has 2 aliphatic heterocycles. The van der Waals surface area contributed by atoms with Crippen molar-refractivity contribution in [3.8, 4) is 0 Å². The van der Waals surface area contributed by atoms with Gasteiger partial charge < -0.3 is 19.7 Å². The molecule has 41 heavy (non-hydrogen) atoms. The molecule has 1 saturated carbocycles. The summed E-state index contributed by atoms with van der Waals surface area (Å²) in [5.74, 6) is 1.67. The second-order valence-electron chi connectivity index (χ2n) is 12.6. The highest BCUT2D eigenvalue weighted by Crippen LogP contribution is 2.32. The van der Waals surface area contributed by atoms with Crippen LogP contribution in [0.2, 0.25) is 0 Å². The van der Waals surface area contributed by atoms with E-state index in [1.165, 1.54) is 18.4 Å². The summed E-state index contributed by atoms with van der Waals surface area (Å²) in [7, 11) is 0. The zero-order valence-electron chi connectivity index (χ0n) is 24.6. The number of urea groups is 1. The van der Waals surface area contributed by atoms with E-state index in [0.717, 1.165) is 51.0 Å². The number of amides is 4. The molecule has 224 valence electrons. The lowest BCUT2D eigenvalue weighted by molar-refractivity contribution is -0.120. The van der Waals surface area contributed by atoms with Gasteiger partial charge >= 0.3 is 12.1 Å². The number of imidazole rings is 1. The number of carbonyl (C=O) groups is 3. The molecule has 0 bridgehead atoms. The van der Waals surface area contributed by atoms with E-state index >= 15 is 0 Å². The molecule has 0 unspecified atom stereocenters. The predicted molar refractivity (Wildman–Crippen MR) is 155 cm³/mol. The Morgan fingerprint density at radius 1 is 1.10 bits per heavy atom. The van der Waals surface area contributed by atoms with Gasteiger partial charge in [0, 0.05) is 32.3 Å². The number of hydrogen-bond acceptors (Lipinski definition) is 7. The Bertz CT molecular complexity index is 1220. The number of fused-ring (bicyclic) bond motifs is 1. The molecule has 11 nitrogen and oxygen atoms in total. The van der Waals surface area contributed by atoms with Gasteiger partial charge in [-0.1, -0.05) is 0 Å². The Kier molecular flexibility index (Phi) is 9.13. The van der Waals surface area contributed by atoms with Gasteiger partial charge in [0.1, 0.15) is 17.1 Å². The molecule has 3 fully saturated rings. The molecule has 2 saturated heterocycles. The van der Waals surface area contributed by atoms with E-state index in [4.69, 9.17) is 9.47 Å². The van der Waals surface area contributed by atoms with E-state index < -0.39 is 17.7 Å². The molecule has 4 heterocycles. The van der Waals surface area contributed by atoms with Crippen molar-refractivity contribution in [3.63, 3.8) is 0 Å². The Morgan fingerprint density at radius 2 is 1.85 bits per heavy atom. The first-order valence-electron chi connectivity index (χ1n) is 15.0. The highest BCUT2D eigenvalue weighted by molar-refractivity contribution is 6.05. The minimum Gasteiger partial charge on any atom is -0.444 e. The van der Waals surface area contributed by atoms with Crippen molar-refractivity contribution in [3.05, 3.63) is 30.1 Å². The summed E-state index contributed by atoms with van der Waals surface area (Å²) in [6, 6.07) is 3.89. The van der Waals surface area contributed by atoms with Crippen LogP contribution in [0.15, 0.2) is 24.5 Å². The van der Waals surface area contributed by atoms with E-state index in [2.05, 4.69) is 32.7 Å². The molecule has 0 radical (unpaired) electrons. The van der Waals surface area contributed by atoms with Crippen molar-refractivity contribution in [1.82, 2.24) is 24.9 Å². The van der Waals surface area contributed by atoms with Crippen molar-refractivity contribution < 1.29 is 23.9 Å². The quantitative estimate of drug-likeness (QED) is 0.461. The Hall–Kier alpha value is -3.18. The maximum atomic E-state index is 12.3. The SMILES string of the molecule is CC(C)(C)OC(=O)NCCOC1CCC(CN2CCC(c3ccn4c(N5CCC(=O)NC5=O)cnc4c3)CC2)CC1. The fraction of sp³-hybridized carbons (Fsp3) is 0.667. The minimum absolute atomic E-state index is 0.239. The van der Waals surface area contributed by atoms with E-state index in [1.807, 2.05) is 31.4 Å². The molecule has 0 aromatic carbocycles. The molecule has 0 spiro atoms. The van der Waals surface area contributed by atoms with Crippen molar-refractivity contribution in [2.75, 3.05) is 44.2 Å². The lowest BCUT2D eigenvalue weighted by Gasteiger charge is -2.36. The summed E-state index contributed by atoms with van der Waals surface area (Å²) in [4.78, 5) is 44.3. The van der Waals surface area contributed by atoms with Gasteiger partial charge in [0.2, 0.25) is 5.91 Å². The molecule has 2 N–H and O–H groups in total. The molecule has 1 aliphatic carbocycles. The van der Waals surface area contributed by atoms with Crippen molar-refractivity contribution in [2.45, 2.75) is 83.3 Å². The van der Waals surface area contributed by atoms with Gasteiger partial charge in [-0.15, -0.1) is 0 Å². The van der Waals surface area contributed by atoms with Crippen LogP contribution in [0.4, 0.5) is 15.4 Å². The van der Waals surface area contributed by atoms with Crippen molar-refractivity contribution >= 4 is 29.5 Å². The lowest BCUT2D eigenvalue weighted by Crippen LogP contribution is -2.50. The summed E-state index contributed by atoms with van der Waals surface area (Å²) in [6.07, 6.45) is 10.7. The molecular weight excluding hydrogens is 524 g/mol. The molecule has 11 heteroatoms. The number of alkyl carbamates (subject to hydrolysis) is 1. The average Bonchev–Trinajstić information content (AvgIpc) is 3.34. The van der Waals surface area contributed by atoms with Crippen LogP contribution in [0.3, 0.4) is 0 Å². The number of rotatable bonds is 8. The van der Waals surface area contributed by atoms with Crippen molar-refractivity contribution in [2.24, 2.45) is 5.92 Å². The molecule has 5 rings (SSSR count). The number of pyridine rings is 1. The first kappa shape index (κ1) is 29.3. The topological polar surface area (TPSA) is 118 Å². The number of anilines is 1. The van der Waals surface area contributed by atoms with Crippen LogP contribution < -0.4 is 15.5 Å². The number of aromatic nitrogens is 2. The summed E-state index contributed by atoms with van der Waals surface area (Å²) >= 11 is 0. The maximum absolute atomic E-state index is 12.3. The van der Waals surface area contributed by atoms with E-state index in [9.17, 15) is 14.4 Å². The van der Waals surface area contributed by atoms with Gasteiger partial charge in [0.05, 0.1) is 18.9 Å². The molecule has 2 aromatic rings. The number of nitrogens with one attached hydrogen (secondary N) is 2. The zero-order chi connectivity index (χ0) is 29.0. The van der Waals surface area contributed by atoms with Crippen LogP contribution in [0.1, 0.15) is 77.2 Å². The van der Waals surface area contributed by atoms with Gasteiger partial charge in [-0.2, -0.15) is 0 Å². The molecule has 2 aromatic heterocycles. The third-order valence-corrected chi connectivity index (χ3v) is 8.34. The third-order valence-electron chi connectivity index (χ3n) is 8.34. The van der Waals surface area contributed by atoms with Crippen LogP contribution in [-0.4, -0.2) is 83.4 Å². The lowest BCUT2D eigenvalue weighted by atomic mass is 9.85. The standard InChI is InChI=1S/C30H44N6O5/c1-30(2,3)41-29(39)31-12-17-40-24-6-4-21(5-7-24)20-34-13-8-22(9-14-34)23-10-15-35-25(18-23)32-19-27(35)36-16-11-26(37)33-28(36)38/h10,15,18-19,21-22,24H,4-9,11-14,16-17,20H2,1-3H3,(H,31,39)(H,33,37,38). The number of nitrogens with zero attached hydrogens (tertiary/aromatic N) is 4. The fourth-order valence-electron chi connectivity index (χ4n) is 6.21. The molecule has 4 amide bonds. The number of likely N-dealkylation sites (tertiary alicyclic amines) is 1. The molecule has 0 atom stereocenters. The maximum Gasteiger partial charge on any atom is 0.407 e. The van der Waals surface area contributed by atoms with Gasteiger partial charge in [0.25, 0.3) is 0 Å². The van der Waals surface area contributed by atoms with Crippen molar-refractivity contribution in [1.29, 1.82) is 0 Å². The number of carbonyl (C=O) groups excluding carboxylic acids is 3. The Balaban J connectivity index is 1.02. The zero-order valence-corrected chi connectivity index (χ0v) is 24.6. The normalized spacial score (nSPS) is 23.0. The fourth-order valence-corrected chi connectivity index (χ4v) is 6.21. The highest BCUT2D eigenvalue weighted by atomic mass is 16.6. The van der Waals surface area contributed by atoms with E-state index in [-0.39, 0.29) is 12.0 Å². The number of imide groups is 1. The number of piperidine rings is 1. The largest absolute Gasteiger partial charge is 0.444 e. The minimum atomic E-state index is -0.489. The smallest absolute Gasteiger partial charge is 0.407 e. The van der Waals surface area contributed by atoms with Gasteiger partial charge in [-0.05, 0) is 102 Å². The summed E-state index contributed by atoms with van der Waals surface area (Å²) in [5, 5.41) is 5.14. The predicted octanol–water partition coefficient (Wildman–Crippen LogP) is 4.06. The first-order chi connectivity index (χ1) is 19.6. The van der Waals surface area contributed by atoms with Crippen LogP contribution in [-0.2, 0) is 14.3 Å². The summed E-state index contributed by atoms with van der Waals surface area (Å²) in [5.41, 5.74) is 1.63. The van der Waals surface area contributed by atoms with Gasteiger partial charge in [-0.25, -0.2) is 14.6 Å². The summed E-state index contributed by atoms with van der Waals surface area (Å²) in [6.45, 7) is 10.3. The average molecular weight is 569 g/mol. The molecule has 3 aliphatic rings. The molecular formula is C30H44N6O5. The second kappa shape index (κ2) is 12.8. The summed E-state index contributed by atoms with van der Waals surface area (Å²) < 4.78 is 13.2. The van der Waals surface area contributed by atoms with E-state index in [1.54, 1.807) is 11.1 Å². The van der Waals surface area contributed by atoms with Gasteiger partial charge in [0.15, 0.2) is 0 Å². The number of ether oxygens (including phenoxy) is 2. The van der Waals surface area contributed by atoms with E-state index in [0.29, 0.717) is 43.8 Å². The van der Waals surface area contributed by atoms with Crippen LogP contribution in [0.25, 0.3) is 5.65 Å². The Labute approximate surface area is 241 Å². The van der Waals surface area contributed by atoms with Crippen LogP contribution in [0, 0.1) is 5.92 Å². The van der Waals surface area contributed by atoms with Crippen LogP contribution in [0.5, 0.6) is 0 Å². The van der Waals surface area contributed by atoms with Crippen LogP contribution >= 0.6 is 0 Å². The Morgan fingerprint density at radius 3 is 2.56 bits per heavy atom.